The van der Waals surface area contributed by atoms with E-state index in [1.807, 2.05) is 0 Å². The molecule has 0 aliphatic rings. The number of likely N-dealkylation sites (N-methyl/N-ethyl adjacent to an activating group) is 1. The Balaban J connectivity index is 2.26. The van der Waals surface area contributed by atoms with Crippen LogP contribution in [0.1, 0.15) is 18.9 Å². The van der Waals surface area contributed by atoms with Gasteiger partial charge in [0.05, 0.1) is 35.0 Å². The van der Waals surface area contributed by atoms with Crippen molar-refractivity contribution < 1.29 is 42.0 Å². The van der Waals surface area contributed by atoms with E-state index in [4.69, 9.17) is 19.8 Å². The van der Waals surface area contributed by atoms with Gasteiger partial charge in [-0.15, -0.1) is 0 Å². The quantitative estimate of drug-likeness (QED) is 0.269. The van der Waals surface area contributed by atoms with E-state index in [1.165, 1.54) is 20.0 Å². The van der Waals surface area contributed by atoms with Crippen LogP contribution in [0.5, 0.6) is 0 Å². The number of amides is 2. The summed E-state index contributed by atoms with van der Waals surface area (Å²) < 4.78 is 49.9. The first-order chi connectivity index (χ1) is 14.9. The van der Waals surface area contributed by atoms with Crippen LogP contribution in [-0.4, -0.2) is 61.4 Å². The number of nitriles is 1. The van der Waals surface area contributed by atoms with Crippen molar-refractivity contribution >= 4 is 59.7 Å². The molecule has 174 valence electrons. The molecule has 0 atom stereocenters. The van der Waals surface area contributed by atoms with Gasteiger partial charge in [-0.1, -0.05) is 6.92 Å². The Kier molecular flexibility index (Phi) is 8.48. The minimum Gasteiger partial charge on any atom is -0.427 e. The molecule has 0 fully saturated rings. The predicted molar refractivity (Wildman–Crippen MR) is 114 cm³/mol. The van der Waals surface area contributed by atoms with E-state index in [2.05, 4.69) is 9.51 Å². The molecule has 16 heteroatoms. The van der Waals surface area contributed by atoms with Crippen LogP contribution in [-0.2, 0) is 18.6 Å². The van der Waals surface area contributed by atoms with Crippen molar-refractivity contribution in [2.45, 2.75) is 13.3 Å². The molecule has 0 aliphatic heterocycles. The fourth-order valence-electron chi connectivity index (χ4n) is 2.43. The summed E-state index contributed by atoms with van der Waals surface area (Å²) in [6, 6.07) is 2.22. The highest BCUT2D eigenvalue weighted by molar-refractivity contribution is 14.1. The van der Waals surface area contributed by atoms with E-state index in [-0.39, 0.29) is 24.4 Å². The number of fused-ring (bicyclic) bond motifs is 1. The van der Waals surface area contributed by atoms with Crippen molar-refractivity contribution in [3.8, 4) is 6.07 Å². The molecular weight excluding hydrogens is 570 g/mol. The summed E-state index contributed by atoms with van der Waals surface area (Å²) in [5.41, 5.74) is -1.32. The molecule has 32 heavy (non-hydrogen) atoms. The summed E-state index contributed by atoms with van der Waals surface area (Å²) in [7, 11) is -3.44. The zero-order valence-corrected chi connectivity index (χ0v) is 19.7. The molecule has 1 heterocycles. The fourth-order valence-corrected chi connectivity index (χ4v) is 3.56. The third-order valence-electron chi connectivity index (χ3n) is 4.03. The van der Waals surface area contributed by atoms with Crippen LogP contribution in [0.15, 0.2) is 6.07 Å². The summed E-state index contributed by atoms with van der Waals surface area (Å²) in [4.78, 5) is 47.6. The van der Waals surface area contributed by atoms with Gasteiger partial charge in [-0.05, 0) is 6.07 Å². The number of aromatic nitrogens is 2. The molecular formula is C16H17F2IN5O7P. The van der Waals surface area contributed by atoms with Crippen LogP contribution in [0, 0.1) is 23.0 Å². The Morgan fingerprint density at radius 1 is 1.41 bits per heavy atom. The van der Waals surface area contributed by atoms with Crippen molar-refractivity contribution in [2.24, 2.45) is 0 Å². The number of halogens is 3. The van der Waals surface area contributed by atoms with E-state index in [9.17, 15) is 22.9 Å². The fraction of sp³-hybridized carbons (Fsp3) is 0.375. The summed E-state index contributed by atoms with van der Waals surface area (Å²) in [6.45, 7) is 0.133. The standard InChI is InChI=1S/C16H17F2IN5O7P/c1-3-11(25)23(8-30-16(26)22(2)4-5-31-32(27,28)29)15-21-13-10(17)6-9(7-20)12(18)14(13)24(15)19/h6H,3-5,8H2,1-2H3,(H2,27,28,29). The summed E-state index contributed by atoms with van der Waals surface area (Å²) in [6.07, 6.45) is -1.02. The highest BCUT2D eigenvalue weighted by atomic mass is 127. The van der Waals surface area contributed by atoms with E-state index in [0.29, 0.717) is 6.07 Å². The van der Waals surface area contributed by atoms with E-state index >= 15 is 0 Å². The average Bonchev–Trinajstić information content (AvgIpc) is 3.07. The van der Waals surface area contributed by atoms with Gasteiger partial charge < -0.3 is 19.4 Å². The maximum atomic E-state index is 14.6. The molecule has 0 aliphatic carbocycles. The summed E-state index contributed by atoms with van der Waals surface area (Å²) in [5.74, 6) is -2.82. The molecule has 2 aromatic rings. The second-order valence-corrected chi connectivity index (χ2v) is 8.39. The minimum atomic E-state index is -4.70. The number of benzene rings is 1. The monoisotopic (exact) mass is 587 g/mol. The first kappa shape index (κ1) is 25.9. The molecule has 0 saturated carbocycles. The van der Waals surface area contributed by atoms with Crippen molar-refractivity contribution in [3.05, 3.63) is 23.3 Å². The van der Waals surface area contributed by atoms with Gasteiger partial charge in [0.1, 0.15) is 17.1 Å². The van der Waals surface area contributed by atoms with Crippen LogP contribution >= 0.6 is 30.7 Å². The SMILES string of the molecule is CCC(=O)N(COC(=O)N(C)CCOP(=O)(O)O)c1nc2c(F)cc(C#N)c(F)c2n1I. The van der Waals surface area contributed by atoms with Gasteiger partial charge in [-0.3, -0.25) is 9.32 Å². The van der Waals surface area contributed by atoms with Crippen molar-refractivity contribution in [2.75, 3.05) is 31.8 Å². The molecule has 0 radical (unpaired) electrons. The number of rotatable bonds is 8. The Morgan fingerprint density at radius 2 is 2.06 bits per heavy atom. The van der Waals surface area contributed by atoms with Gasteiger partial charge in [-0.25, -0.2) is 30.8 Å². The number of phosphoric acid groups is 1. The highest BCUT2D eigenvalue weighted by Crippen LogP contribution is 2.35. The maximum Gasteiger partial charge on any atom is 0.469 e. The number of ether oxygens (including phenoxy) is 1. The third kappa shape index (κ3) is 5.90. The van der Waals surface area contributed by atoms with Crippen LogP contribution < -0.4 is 4.90 Å². The molecule has 0 spiro atoms. The summed E-state index contributed by atoms with van der Waals surface area (Å²) >= 11 is 1.57. The van der Waals surface area contributed by atoms with Crippen molar-refractivity contribution in [3.63, 3.8) is 0 Å². The number of hydrogen-bond acceptors (Lipinski definition) is 7. The first-order valence-electron chi connectivity index (χ1n) is 8.76. The number of phosphoric ester groups is 1. The Labute approximate surface area is 194 Å². The lowest BCUT2D eigenvalue weighted by Crippen LogP contribution is -2.38. The van der Waals surface area contributed by atoms with Gasteiger partial charge >= 0.3 is 13.9 Å². The number of anilines is 1. The summed E-state index contributed by atoms with van der Waals surface area (Å²) in [5, 5.41) is 8.97. The molecule has 2 N–H and O–H groups in total. The maximum absolute atomic E-state index is 14.6. The van der Waals surface area contributed by atoms with Crippen LogP contribution in [0.2, 0.25) is 0 Å². The van der Waals surface area contributed by atoms with Crippen molar-refractivity contribution in [1.82, 2.24) is 12.7 Å². The number of carbonyl (C=O) groups excluding carboxylic acids is 2. The normalized spacial score (nSPS) is 11.3. The zero-order chi connectivity index (χ0) is 24.2. The van der Waals surface area contributed by atoms with Gasteiger partial charge in [0, 0.05) is 20.0 Å². The smallest absolute Gasteiger partial charge is 0.427 e. The van der Waals surface area contributed by atoms with E-state index < -0.39 is 55.9 Å². The van der Waals surface area contributed by atoms with Gasteiger partial charge in [0.15, 0.2) is 18.4 Å². The third-order valence-corrected chi connectivity index (χ3v) is 5.46. The van der Waals surface area contributed by atoms with Crippen LogP contribution in [0.4, 0.5) is 19.5 Å². The largest absolute Gasteiger partial charge is 0.469 e. The number of nitrogens with zero attached hydrogens (tertiary/aromatic N) is 5. The predicted octanol–water partition coefficient (Wildman–Crippen LogP) is 2.26. The zero-order valence-electron chi connectivity index (χ0n) is 16.7. The first-order valence-corrected chi connectivity index (χ1v) is 11.3. The second-order valence-electron chi connectivity index (χ2n) is 6.18. The molecule has 2 amide bonds. The molecule has 0 unspecified atom stereocenters. The Bertz CT molecular complexity index is 1130. The topological polar surface area (TPSA) is 158 Å². The molecule has 0 bridgehead atoms. The molecule has 1 aromatic heterocycles. The van der Waals surface area contributed by atoms with Gasteiger partial charge in [-0.2, -0.15) is 5.26 Å². The number of imidazole rings is 1. The highest BCUT2D eigenvalue weighted by Gasteiger charge is 2.27. The van der Waals surface area contributed by atoms with Gasteiger partial charge in [0.25, 0.3) is 0 Å². The molecule has 0 saturated heterocycles. The molecule has 12 nitrogen and oxygen atoms in total. The van der Waals surface area contributed by atoms with Gasteiger partial charge in [0.2, 0.25) is 11.9 Å². The molecule has 1 aromatic carbocycles. The lowest BCUT2D eigenvalue weighted by atomic mass is 10.2. The average molecular weight is 587 g/mol. The van der Waals surface area contributed by atoms with Crippen LogP contribution in [0.3, 0.4) is 0 Å². The lowest BCUT2D eigenvalue weighted by Gasteiger charge is -2.23. The lowest BCUT2D eigenvalue weighted by molar-refractivity contribution is -0.119. The number of carbonyl (C=O) groups is 2. The molecule has 2 rings (SSSR count). The van der Waals surface area contributed by atoms with E-state index in [1.54, 1.807) is 22.9 Å². The Morgan fingerprint density at radius 3 is 2.62 bits per heavy atom. The minimum absolute atomic E-state index is 0.0578. The van der Waals surface area contributed by atoms with Crippen LogP contribution in [0.25, 0.3) is 11.0 Å². The second kappa shape index (κ2) is 10.5. The number of hydrogen-bond donors (Lipinski definition) is 2. The van der Waals surface area contributed by atoms with Crippen molar-refractivity contribution in [1.29, 1.82) is 5.26 Å². The van der Waals surface area contributed by atoms with E-state index in [0.717, 1.165) is 12.6 Å². The Hall–Kier alpha value is -2.38.